The van der Waals surface area contributed by atoms with E-state index in [4.69, 9.17) is 7.48 Å². The zero-order valence-corrected chi connectivity index (χ0v) is 15.3. The summed E-state index contributed by atoms with van der Waals surface area (Å²) >= 11 is 3.94. The van der Waals surface area contributed by atoms with E-state index in [-0.39, 0.29) is 34.7 Å². The summed E-state index contributed by atoms with van der Waals surface area (Å²) in [6.07, 6.45) is 3.08. The average molecular weight is 385 g/mol. The van der Waals surface area contributed by atoms with Gasteiger partial charge in [-0.25, -0.2) is 0 Å². The first-order valence-electron chi connectivity index (χ1n) is 10.2. The maximum atomic E-state index is 12.6. The number of aliphatic hydroxyl groups is 1. The number of ether oxygens (including phenoxy) is 1. The van der Waals surface area contributed by atoms with Crippen molar-refractivity contribution in [3.8, 4) is 0 Å². The highest BCUT2D eigenvalue weighted by atomic mass is 79.9. The van der Waals surface area contributed by atoms with Crippen molar-refractivity contribution in [3.05, 3.63) is 0 Å². The van der Waals surface area contributed by atoms with E-state index < -0.39 is 16.8 Å². The fourth-order valence-electron chi connectivity index (χ4n) is 6.93. The van der Waals surface area contributed by atoms with E-state index in [1.807, 2.05) is 0 Å². The Balaban J connectivity index is 1.65. The normalized spacial score (nSPS) is 64.5. The molecule has 8 atom stereocenters. The summed E-state index contributed by atoms with van der Waals surface area (Å²) in [5, 5.41) is 10.3. The predicted molar refractivity (Wildman–Crippen MR) is 90.4 cm³/mol. The molecule has 23 heavy (non-hydrogen) atoms. The van der Waals surface area contributed by atoms with Gasteiger partial charge in [0.05, 0.1) is 23.1 Å². The van der Waals surface area contributed by atoms with Gasteiger partial charge in [0, 0.05) is 20.0 Å². The Morgan fingerprint density at radius 1 is 1.30 bits per heavy atom. The molecule has 2 bridgehead atoms. The molecule has 0 amide bonds. The van der Waals surface area contributed by atoms with E-state index in [1.165, 1.54) is 0 Å². The van der Waals surface area contributed by atoms with Crippen molar-refractivity contribution in [3.63, 3.8) is 0 Å². The molecule has 3 nitrogen and oxygen atoms in total. The molecule has 0 unspecified atom stereocenters. The molecule has 1 N–H and O–H groups in total. The van der Waals surface area contributed by atoms with E-state index in [0.29, 0.717) is 25.2 Å². The number of fused-ring (bicyclic) bond motifs is 3. The number of rotatable bonds is 0. The van der Waals surface area contributed by atoms with Crippen molar-refractivity contribution in [1.29, 1.82) is 0 Å². The number of aliphatic hydroxyl groups excluding tert-OH is 1. The predicted octanol–water partition coefficient (Wildman–Crippen LogP) is 3.47. The standard InChI is InChI=1S/C19H27BrO3/c1-17-6-5-14-12(13(17)2-3-15(17)22)8-16-19(20)9-11(21)4-7-18(14,19)10-23-16/h11-14,16,21H,2-10H2,1H3/t11-,12-,13-,14-,16-,17-,18-,19-/m0/s1/i8D2. The second-order valence-electron chi connectivity index (χ2n) is 8.93. The lowest BCUT2D eigenvalue weighted by molar-refractivity contribution is -0.136. The van der Waals surface area contributed by atoms with Crippen LogP contribution in [0.4, 0.5) is 0 Å². The smallest absolute Gasteiger partial charge is 0.139 e. The Hall–Kier alpha value is 0.0700. The van der Waals surface area contributed by atoms with E-state index in [2.05, 4.69) is 22.9 Å². The molecule has 4 saturated carbocycles. The van der Waals surface area contributed by atoms with Crippen molar-refractivity contribution >= 4 is 21.7 Å². The van der Waals surface area contributed by atoms with Crippen LogP contribution in [0.1, 0.15) is 61.0 Å². The van der Waals surface area contributed by atoms with Gasteiger partial charge < -0.3 is 9.84 Å². The lowest BCUT2D eigenvalue weighted by atomic mass is 9.45. The van der Waals surface area contributed by atoms with Crippen LogP contribution in [-0.4, -0.2) is 34.0 Å². The molecule has 0 aromatic rings. The molecule has 5 aliphatic rings. The van der Waals surface area contributed by atoms with Crippen molar-refractivity contribution in [1.82, 2.24) is 0 Å². The summed E-state index contributed by atoms with van der Waals surface area (Å²) in [7, 11) is 0. The van der Waals surface area contributed by atoms with Crippen LogP contribution in [0.3, 0.4) is 0 Å². The minimum absolute atomic E-state index is 0.0971. The first-order valence-corrected chi connectivity index (χ1v) is 9.98. The van der Waals surface area contributed by atoms with Crippen LogP contribution in [0.15, 0.2) is 0 Å². The summed E-state index contributed by atoms with van der Waals surface area (Å²) in [4.78, 5) is 12.6. The van der Waals surface area contributed by atoms with Gasteiger partial charge in [0.2, 0.25) is 0 Å². The van der Waals surface area contributed by atoms with E-state index >= 15 is 0 Å². The molecule has 0 aromatic carbocycles. The zero-order chi connectivity index (χ0) is 17.8. The van der Waals surface area contributed by atoms with E-state index in [0.717, 1.165) is 32.1 Å². The Bertz CT molecular complexity index is 642. The lowest BCUT2D eigenvalue weighted by Gasteiger charge is -2.61. The van der Waals surface area contributed by atoms with Crippen LogP contribution in [0.25, 0.3) is 0 Å². The number of alkyl halides is 1. The summed E-state index contributed by atoms with van der Waals surface area (Å²) in [6, 6.07) is 0. The van der Waals surface area contributed by atoms with Crippen LogP contribution in [0.2, 0.25) is 0 Å². The number of hydrogen-bond acceptors (Lipinski definition) is 3. The van der Waals surface area contributed by atoms with Crippen molar-refractivity contribution in [2.75, 3.05) is 6.61 Å². The Labute approximate surface area is 149 Å². The Morgan fingerprint density at radius 3 is 2.96 bits per heavy atom. The van der Waals surface area contributed by atoms with Crippen molar-refractivity contribution in [2.45, 2.75) is 74.8 Å². The van der Waals surface area contributed by atoms with Crippen LogP contribution >= 0.6 is 15.9 Å². The molecule has 0 spiro atoms. The highest BCUT2D eigenvalue weighted by Gasteiger charge is 2.72. The van der Waals surface area contributed by atoms with Crippen LogP contribution < -0.4 is 0 Å². The van der Waals surface area contributed by atoms with Gasteiger partial charge >= 0.3 is 0 Å². The summed E-state index contributed by atoms with van der Waals surface area (Å²) in [5.41, 5.74) is -0.439. The SMILES string of the molecule is [2H]C1([2H])[C@@H]2[C@H](CC[C@]3(C)C(=O)CC[C@@H]23)[C@@]23CC[C@H](O)C[C@]2(Br)[C@H]1OC3. The second kappa shape index (κ2) is 4.62. The highest BCUT2D eigenvalue weighted by Crippen LogP contribution is 2.71. The lowest BCUT2D eigenvalue weighted by Crippen LogP contribution is -2.63. The highest BCUT2D eigenvalue weighted by molar-refractivity contribution is 9.10. The van der Waals surface area contributed by atoms with E-state index in [1.54, 1.807) is 0 Å². The molecule has 0 radical (unpaired) electrons. The van der Waals surface area contributed by atoms with Gasteiger partial charge in [-0.2, -0.15) is 0 Å². The van der Waals surface area contributed by atoms with E-state index in [9.17, 15) is 9.90 Å². The fourth-order valence-corrected chi connectivity index (χ4v) is 8.17. The van der Waals surface area contributed by atoms with Gasteiger partial charge in [-0.15, -0.1) is 0 Å². The molecule has 5 rings (SSSR count). The number of hydrogen-bond donors (Lipinski definition) is 1. The molecular weight excluding hydrogens is 356 g/mol. The van der Waals surface area contributed by atoms with Gasteiger partial charge in [-0.1, -0.05) is 22.9 Å². The van der Waals surface area contributed by atoms with Crippen LogP contribution in [0.5, 0.6) is 0 Å². The van der Waals surface area contributed by atoms with Gasteiger partial charge in [0.15, 0.2) is 0 Å². The third kappa shape index (κ3) is 1.67. The van der Waals surface area contributed by atoms with Gasteiger partial charge in [-0.3, -0.25) is 4.79 Å². The zero-order valence-electron chi connectivity index (χ0n) is 15.7. The minimum Gasteiger partial charge on any atom is -0.393 e. The number of carbonyl (C=O) groups excluding carboxylic acids is 1. The minimum atomic E-state index is -1.47. The molecule has 128 valence electrons. The maximum Gasteiger partial charge on any atom is 0.139 e. The van der Waals surface area contributed by atoms with Crippen LogP contribution in [0, 0.1) is 28.6 Å². The molecular formula is C19H27BrO3. The molecule has 1 aliphatic heterocycles. The van der Waals surface area contributed by atoms with Crippen LogP contribution in [-0.2, 0) is 9.53 Å². The molecule has 4 heteroatoms. The molecule has 1 heterocycles. The molecule has 1 saturated heterocycles. The number of ketones is 1. The van der Waals surface area contributed by atoms with Gasteiger partial charge in [0.25, 0.3) is 0 Å². The second-order valence-corrected chi connectivity index (χ2v) is 10.3. The third-order valence-corrected chi connectivity index (χ3v) is 9.77. The van der Waals surface area contributed by atoms with Crippen molar-refractivity contribution in [2.24, 2.45) is 28.6 Å². The summed E-state index contributed by atoms with van der Waals surface area (Å²) in [5.74, 6) is 0.606. The van der Waals surface area contributed by atoms with Crippen molar-refractivity contribution < 1.29 is 17.4 Å². The molecule has 4 aliphatic carbocycles. The number of carbonyl (C=O) groups is 1. The third-order valence-electron chi connectivity index (χ3n) is 8.24. The monoisotopic (exact) mass is 384 g/mol. The molecule has 0 aromatic heterocycles. The first-order chi connectivity index (χ1) is 11.7. The Kier molecular flexibility index (Phi) is 2.67. The maximum absolute atomic E-state index is 12.6. The fraction of sp³-hybridized carbons (Fsp3) is 0.947. The largest absolute Gasteiger partial charge is 0.393 e. The first kappa shape index (κ1) is 13.3. The average Bonchev–Trinajstić information content (AvgIpc) is 2.97. The summed E-state index contributed by atoms with van der Waals surface area (Å²) < 4.78 is 23.8. The quantitative estimate of drug-likeness (QED) is 0.650. The Morgan fingerprint density at radius 2 is 2.13 bits per heavy atom. The van der Waals surface area contributed by atoms with Gasteiger partial charge in [-0.05, 0) is 62.7 Å². The number of halogens is 1. The van der Waals surface area contributed by atoms with Gasteiger partial charge in [0.1, 0.15) is 5.78 Å². The number of Topliss-reactive ketones (excluding diaryl/α,β-unsaturated/α-hetero) is 1. The topological polar surface area (TPSA) is 46.5 Å². The summed E-state index contributed by atoms with van der Waals surface area (Å²) in [6.45, 7) is 2.67. The molecule has 5 fully saturated rings.